The fourth-order valence-electron chi connectivity index (χ4n) is 1.66. The standard InChI is InChI=1S/C15H17NO4/c1-3-20-15(19)12(13(10(2)17)14(16)18)9-11-7-5-4-6-8-11/h4-9,17H,3H2,1-2H3,(H2,16,18)/b12-9+,13-10-. The van der Waals surface area contributed by atoms with Crippen molar-refractivity contribution in [1.29, 1.82) is 0 Å². The van der Waals surface area contributed by atoms with Gasteiger partial charge < -0.3 is 15.6 Å². The lowest BCUT2D eigenvalue weighted by molar-refractivity contribution is -0.138. The zero-order valence-corrected chi connectivity index (χ0v) is 11.4. The number of rotatable bonds is 5. The second-order valence-electron chi connectivity index (χ2n) is 4.01. The van der Waals surface area contributed by atoms with Gasteiger partial charge in [-0.2, -0.15) is 0 Å². The lowest BCUT2D eigenvalue weighted by Crippen LogP contribution is -2.22. The third-order valence-electron chi connectivity index (χ3n) is 2.48. The molecule has 1 amide bonds. The van der Waals surface area contributed by atoms with Crippen molar-refractivity contribution in [2.24, 2.45) is 5.73 Å². The van der Waals surface area contributed by atoms with E-state index in [2.05, 4.69) is 0 Å². The molecule has 0 atom stereocenters. The number of carbonyl (C=O) groups is 2. The summed E-state index contributed by atoms with van der Waals surface area (Å²) in [5.41, 5.74) is 5.60. The number of primary amides is 1. The van der Waals surface area contributed by atoms with Crippen LogP contribution in [0.5, 0.6) is 0 Å². The number of amides is 1. The van der Waals surface area contributed by atoms with Gasteiger partial charge in [0.25, 0.3) is 5.91 Å². The summed E-state index contributed by atoms with van der Waals surface area (Å²) in [5, 5.41) is 9.58. The molecule has 0 fully saturated rings. The Morgan fingerprint density at radius 1 is 1.30 bits per heavy atom. The second-order valence-corrected chi connectivity index (χ2v) is 4.01. The number of allylic oxidation sites excluding steroid dienone is 1. The highest BCUT2D eigenvalue weighted by atomic mass is 16.5. The maximum absolute atomic E-state index is 12.0. The van der Waals surface area contributed by atoms with Crippen molar-refractivity contribution in [3.63, 3.8) is 0 Å². The Morgan fingerprint density at radius 2 is 1.90 bits per heavy atom. The molecule has 1 rings (SSSR count). The summed E-state index contributed by atoms with van der Waals surface area (Å²) >= 11 is 0. The Labute approximate surface area is 117 Å². The molecule has 0 spiro atoms. The van der Waals surface area contributed by atoms with Crippen molar-refractivity contribution in [1.82, 2.24) is 0 Å². The Balaban J connectivity index is 3.36. The van der Waals surface area contributed by atoms with Gasteiger partial charge in [0.1, 0.15) is 5.76 Å². The molecule has 20 heavy (non-hydrogen) atoms. The summed E-state index contributed by atoms with van der Waals surface area (Å²) < 4.78 is 4.90. The molecule has 0 saturated carbocycles. The van der Waals surface area contributed by atoms with Crippen LogP contribution in [-0.2, 0) is 14.3 Å². The molecule has 0 unspecified atom stereocenters. The smallest absolute Gasteiger partial charge is 0.339 e. The van der Waals surface area contributed by atoms with Crippen LogP contribution >= 0.6 is 0 Å². The van der Waals surface area contributed by atoms with E-state index in [-0.39, 0.29) is 23.5 Å². The summed E-state index contributed by atoms with van der Waals surface area (Å²) in [4.78, 5) is 23.4. The van der Waals surface area contributed by atoms with E-state index in [9.17, 15) is 14.7 Å². The molecule has 0 bridgehead atoms. The van der Waals surface area contributed by atoms with E-state index in [1.165, 1.54) is 13.0 Å². The lowest BCUT2D eigenvalue weighted by atomic mass is 10.0. The number of aliphatic hydroxyl groups is 1. The Bertz CT molecular complexity index is 554. The first-order valence-electron chi connectivity index (χ1n) is 6.11. The normalized spacial score (nSPS) is 12.6. The minimum absolute atomic E-state index is 0.0643. The van der Waals surface area contributed by atoms with Gasteiger partial charge in [-0.25, -0.2) is 4.79 Å². The molecule has 106 valence electrons. The Kier molecular flexibility index (Phi) is 5.53. The van der Waals surface area contributed by atoms with Gasteiger partial charge in [0, 0.05) is 0 Å². The van der Waals surface area contributed by atoms with Crippen molar-refractivity contribution >= 4 is 18.0 Å². The monoisotopic (exact) mass is 275 g/mol. The number of nitrogens with two attached hydrogens (primary N) is 1. The zero-order chi connectivity index (χ0) is 15.1. The number of benzene rings is 1. The fraction of sp³-hybridized carbons (Fsp3) is 0.200. The molecule has 0 aliphatic rings. The third kappa shape index (κ3) is 3.98. The van der Waals surface area contributed by atoms with Gasteiger partial charge in [-0.3, -0.25) is 4.79 Å². The molecule has 5 nitrogen and oxygen atoms in total. The van der Waals surface area contributed by atoms with Gasteiger partial charge in [-0.05, 0) is 25.5 Å². The van der Waals surface area contributed by atoms with Crippen LogP contribution in [0, 0.1) is 0 Å². The number of hydrogen-bond acceptors (Lipinski definition) is 4. The lowest BCUT2D eigenvalue weighted by Gasteiger charge is -2.10. The average molecular weight is 275 g/mol. The van der Waals surface area contributed by atoms with Crippen molar-refractivity contribution < 1.29 is 19.4 Å². The molecular weight excluding hydrogens is 258 g/mol. The highest BCUT2D eigenvalue weighted by Crippen LogP contribution is 2.19. The van der Waals surface area contributed by atoms with Crippen LogP contribution in [0.25, 0.3) is 6.08 Å². The first-order chi connectivity index (χ1) is 9.47. The van der Waals surface area contributed by atoms with Crippen molar-refractivity contribution in [2.45, 2.75) is 13.8 Å². The average Bonchev–Trinajstić information content (AvgIpc) is 2.38. The van der Waals surface area contributed by atoms with E-state index in [0.29, 0.717) is 5.56 Å². The van der Waals surface area contributed by atoms with Gasteiger partial charge in [0.2, 0.25) is 0 Å². The molecule has 5 heteroatoms. The molecule has 0 saturated heterocycles. The van der Waals surface area contributed by atoms with Crippen LogP contribution < -0.4 is 5.73 Å². The third-order valence-corrected chi connectivity index (χ3v) is 2.48. The van der Waals surface area contributed by atoms with Gasteiger partial charge in [-0.15, -0.1) is 0 Å². The minimum atomic E-state index is -0.889. The van der Waals surface area contributed by atoms with Gasteiger partial charge in [0.15, 0.2) is 0 Å². The molecule has 0 aliphatic heterocycles. The van der Waals surface area contributed by atoms with Gasteiger partial charge >= 0.3 is 5.97 Å². The summed E-state index contributed by atoms with van der Waals surface area (Å²) in [7, 11) is 0. The molecule has 0 aromatic heterocycles. The maximum Gasteiger partial charge on any atom is 0.339 e. The highest BCUT2D eigenvalue weighted by molar-refractivity contribution is 6.11. The van der Waals surface area contributed by atoms with E-state index < -0.39 is 11.9 Å². The van der Waals surface area contributed by atoms with Gasteiger partial charge in [0.05, 0.1) is 17.8 Å². The molecule has 0 aliphatic carbocycles. The molecule has 0 radical (unpaired) electrons. The summed E-state index contributed by atoms with van der Waals surface area (Å²) in [6.07, 6.45) is 1.46. The zero-order valence-electron chi connectivity index (χ0n) is 11.4. The summed E-state index contributed by atoms with van der Waals surface area (Å²) in [6.45, 7) is 3.09. The number of ether oxygens (including phenoxy) is 1. The quantitative estimate of drug-likeness (QED) is 0.372. The summed E-state index contributed by atoms with van der Waals surface area (Å²) in [6, 6.07) is 8.90. The van der Waals surface area contributed by atoms with E-state index in [4.69, 9.17) is 10.5 Å². The Hall–Kier alpha value is -2.56. The second kappa shape index (κ2) is 7.13. The minimum Gasteiger partial charge on any atom is -0.512 e. The largest absolute Gasteiger partial charge is 0.512 e. The van der Waals surface area contributed by atoms with E-state index in [1.54, 1.807) is 31.2 Å². The molecule has 1 aromatic rings. The highest BCUT2D eigenvalue weighted by Gasteiger charge is 2.22. The van der Waals surface area contributed by atoms with Crippen LogP contribution in [0.15, 0.2) is 47.2 Å². The predicted molar refractivity (Wildman–Crippen MR) is 75.6 cm³/mol. The fourth-order valence-corrected chi connectivity index (χ4v) is 1.66. The number of aliphatic hydroxyl groups excluding tert-OH is 1. The maximum atomic E-state index is 12.0. The van der Waals surface area contributed by atoms with E-state index in [0.717, 1.165) is 0 Å². The van der Waals surface area contributed by atoms with Crippen molar-refractivity contribution in [3.05, 3.63) is 52.8 Å². The first kappa shape index (κ1) is 15.5. The van der Waals surface area contributed by atoms with Crippen molar-refractivity contribution in [3.8, 4) is 0 Å². The molecule has 3 N–H and O–H groups in total. The topological polar surface area (TPSA) is 89.6 Å². The number of carbonyl (C=O) groups excluding carboxylic acids is 2. The van der Waals surface area contributed by atoms with Crippen LogP contribution in [0.4, 0.5) is 0 Å². The Morgan fingerprint density at radius 3 is 2.35 bits per heavy atom. The predicted octanol–water partition coefficient (Wildman–Crippen LogP) is 1.95. The first-order valence-corrected chi connectivity index (χ1v) is 6.11. The van der Waals surface area contributed by atoms with E-state index in [1.807, 2.05) is 6.07 Å². The van der Waals surface area contributed by atoms with Crippen LogP contribution in [0.2, 0.25) is 0 Å². The van der Waals surface area contributed by atoms with Crippen LogP contribution in [0.3, 0.4) is 0 Å². The van der Waals surface area contributed by atoms with E-state index >= 15 is 0 Å². The van der Waals surface area contributed by atoms with Crippen molar-refractivity contribution in [2.75, 3.05) is 6.61 Å². The summed E-state index contributed by atoms with van der Waals surface area (Å²) in [5.74, 6) is -1.92. The number of esters is 1. The molecule has 1 aromatic carbocycles. The molecule has 0 heterocycles. The number of hydrogen-bond donors (Lipinski definition) is 2. The van der Waals surface area contributed by atoms with Crippen LogP contribution in [-0.4, -0.2) is 23.6 Å². The molecular formula is C15H17NO4. The van der Waals surface area contributed by atoms with Crippen LogP contribution in [0.1, 0.15) is 19.4 Å². The van der Waals surface area contributed by atoms with Gasteiger partial charge in [-0.1, -0.05) is 30.3 Å². The SMILES string of the molecule is CCOC(=O)C(=C/c1ccccc1)/C(C(N)=O)=C(\C)O.